The van der Waals surface area contributed by atoms with Gasteiger partial charge in [-0.1, -0.05) is 48.0 Å². The lowest BCUT2D eigenvalue weighted by atomic mass is 10.1. The lowest BCUT2D eigenvalue weighted by Crippen LogP contribution is -2.29. The summed E-state index contributed by atoms with van der Waals surface area (Å²) in [7, 11) is 0. The van der Waals surface area contributed by atoms with Gasteiger partial charge in [0.25, 0.3) is 5.56 Å². The van der Waals surface area contributed by atoms with E-state index >= 15 is 0 Å². The second-order valence-corrected chi connectivity index (χ2v) is 5.94. The molecule has 0 aliphatic rings. The van der Waals surface area contributed by atoms with Crippen LogP contribution in [0.3, 0.4) is 0 Å². The highest BCUT2D eigenvalue weighted by Crippen LogP contribution is 2.22. The Bertz CT molecular complexity index is 952. The molecule has 24 heavy (non-hydrogen) atoms. The average molecular weight is 342 g/mol. The van der Waals surface area contributed by atoms with E-state index in [1.54, 1.807) is 24.3 Å². The van der Waals surface area contributed by atoms with Crippen molar-refractivity contribution in [3.05, 3.63) is 75.2 Å². The number of hydrogen-bond acceptors (Lipinski definition) is 3. The molecule has 0 fully saturated rings. The van der Waals surface area contributed by atoms with E-state index in [9.17, 15) is 9.59 Å². The number of nitrogens with zero attached hydrogens (tertiary/aromatic N) is 1. The molecule has 0 bridgehead atoms. The number of fused-ring (bicyclic) bond motifs is 1. The SMILES string of the molecule is CC(NC(=O)Cc1n[nH]c(=O)c2ccccc12)c1ccccc1Cl. The van der Waals surface area contributed by atoms with Crippen molar-refractivity contribution in [3.63, 3.8) is 0 Å². The maximum atomic E-state index is 12.3. The van der Waals surface area contributed by atoms with Crippen LogP contribution in [0.1, 0.15) is 24.2 Å². The van der Waals surface area contributed by atoms with Crippen molar-refractivity contribution in [2.24, 2.45) is 0 Å². The third kappa shape index (κ3) is 3.31. The second kappa shape index (κ2) is 6.84. The lowest BCUT2D eigenvalue weighted by Gasteiger charge is -2.15. The van der Waals surface area contributed by atoms with Crippen LogP contribution in [-0.4, -0.2) is 16.1 Å². The molecule has 3 rings (SSSR count). The zero-order valence-electron chi connectivity index (χ0n) is 13.0. The van der Waals surface area contributed by atoms with Gasteiger partial charge < -0.3 is 5.32 Å². The average Bonchev–Trinajstić information content (AvgIpc) is 2.58. The molecule has 6 heteroatoms. The normalized spacial score (nSPS) is 12.1. The third-order valence-electron chi connectivity index (χ3n) is 3.85. The third-order valence-corrected chi connectivity index (χ3v) is 4.20. The minimum absolute atomic E-state index is 0.0755. The van der Waals surface area contributed by atoms with E-state index in [0.29, 0.717) is 21.5 Å². The van der Waals surface area contributed by atoms with Gasteiger partial charge in [0.05, 0.1) is 23.5 Å². The Balaban J connectivity index is 1.80. The number of carbonyl (C=O) groups excluding carboxylic acids is 1. The van der Waals surface area contributed by atoms with Crippen LogP contribution < -0.4 is 10.9 Å². The summed E-state index contributed by atoms with van der Waals surface area (Å²) in [6.07, 6.45) is 0.0755. The molecular formula is C18H16ClN3O2. The van der Waals surface area contributed by atoms with Crippen LogP contribution in [0.2, 0.25) is 5.02 Å². The number of aromatic amines is 1. The fourth-order valence-electron chi connectivity index (χ4n) is 2.65. The predicted octanol–water partition coefficient (Wildman–Crippen LogP) is 3.00. The molecule has 0 saturated carbocycles. The molecule has 1 unspecified atom stereocenters. The summed E-state index contributed by atoms with van der Waals surface area (Å²) in [6, 6.07) is 14.3. The van der Waals surface area contributed by atoms with Gasteiger partial charge in [-0.25, -0.2) is 5.10 Å². The molecule has 0 aliphatic carbocycles. The molecule has 0 aliphatic heterocycles. The first-order chi connectivity index (χ1) is 11.6. The Morgan fingerprint density at radius 3 is 2.58 bits per heavy atom. The Hall–Kier alpha value is -2.66. The summed E-state index contributed by atoms with van der Waals surface area (Å²) in [4.78, 5) is 24.1. The van der Waals surface area contributed by atoms with Gasteiger partial charge in [-0.3, -0.25) is 9.59 Å². The van der Waals surface area contributed by atoms with Crippen LogP contribution in [0, 0.1) is 0 Å². The highest BCUT2D eigenvalue weighted by molar-refractivity contribution is 6.31. The van der Waals surface area contributed by atoms with Crippen LogP contribution in [0.4, 0.5) is 0 Å². The standard InChI is InChI=1S/C18H16ClN3O2/c1-11(12-6-4-5-9-15(12)19)20-17(23)10-16-13-7-2-3-8-14(13)18(24)22-21-16/h2-9,11H,10H2,1H3,(H,20,23)(H,22,24). The fraction of sp³-hybridized carbons (Fsp3) is 0.167. The number of rotatable bonds is 4. The van der Waals surface area contributed by atoms with Gasteiger partial charge in [0.1, 0.15) is 0 Å². The van der Waals surface area contributed by atoms with Crippen LogP contribution in [0.5, 0.6) is 0 Å². The molecule has 1 aromatic heterocycles. The number of H-pyrrole nitrogens is 1. The Morgan fingerprint density at radius 2 is 1.83 bits per heavy atom. The number of aromatic nitrogens is 2. The van der Waals surface area contributed by atoms with E-state index in [0.717, 1.165) is 5.56 Å². The van der Waals surface area contributed by atoms with Crippen molar-refractivity contribution < 1.29 is 4.79 Å². The van der Waals surface area contributed by atoms with Crippen LogP contribution in [0.15, 0.2) is 53.3 Å². The first kappa shape index (κ1) is 16.2. The number of amides is 1. The highest BCUT2D eigenvalue weighted by atomic mass is 35.5. The molecule has 2 aromatic carbocycles. The maximum Gasteiger partial charge on any atom is 0.272 e. The number of benzene rings is 2. The van der Waals surface area contributed by atoms with Crippen molar-refractivity contribution in [2.45, 2.75) is 19.4 Å². The fourth-order valence-corrected chi connectivity index (χ4v) is 2.95. The summed E-state index contributed by atoms with van der Waals surface area (Å²) in [5.41, 5.74) is 1.13. The topological polar surface area (TPSA) is 74.8 Å². The van der Waals surface area contributed by atoms with E-state index in [1.807, 2.05) is 31.2 Å². The first-order valence-electron chi connectivity index (χ1n) is 7.56. The van der Waals surface area contributed by atoms with Gasteiger partial charge in [-0.15, -0.1) is 0 Å². The van der Waals surface area contributed by atoms with Crippen LogP contribution in [-0.2, 0) is 11.2 Å². The molecule has 0 saturated heterocycles. The lowest BCUT2D eigenvalue weighted by molar-refractivity contribution is -0.121. The highest BCUT2D eigenvalue weighted by Gasteiger charge is 2.15. The smallest absolute Gasteiger partial charge is 0.272 e. The molecule has 5 nitrogen and oxygen atoms in total. The molecule has 122 valence electrons. The minimum atomic E-state index is -0.265. The van der Waals surface area contributed by atoms with Crippen molar-refractivity contribution in [1.29, 1.82) is 0 Å². The predicted molar refractivity (Wildman–Crippen MR) is 94.1 cm³/mol. The quantitative estimate of drug-likeness (QED) is 0.766. The van der Waals surface area contributed by atoms with Gasteiger partial charge in [0.15, 0.2) is 0 Å². The largest absolute Gasteiger partial charge is 0.349 e. The minimum Gasteiger partial charge on any atom is -0.349 e. The van der Waals surface area contributed by atoms with Crippen molar-refractivity contribution in [1.82, 2.24) is 15.5 Å². The zero-order chi connectivity index (χ0) is 17.1. The van der Waals surface area contributed by atoms with Crippen molar-refractivity contribution in [3.8, 4) is 0 Å². The van der Waals surface area contributed by atoms with E-state index in [1.165, 1.54) is 0 Å². The summed E-state index contributed by atoms with van der Waals surface area (Å²) in [5.74, 6) is -0.188. The number of nitrogens with one attached hydrogen (secondary N) is 2. The van der Waals surface area contributed by atoms with E-state index in [2.05, 4.69) is 15.5 Å². The number of hydrogen-bond donors (Lipinski definition) is 2. The second-order valence-electron chi connectivity index (χ2n) is 5.53. The maximum absolute atomic E-state index is 12.3. The van der Waals surface area contributed by atoms with Gasteiger partial charge in [-0.2, -0.15) is 5.10 Å². The molecule has 1 amide bonds. The Morgan fingerprint density at radius 1 is 1.17 bits per heavy atom. The molecule has 1 atom stereocenters. The first-order valence-corrected chi connectivity index (χ1v) is 7.94. The van der Waals surface area contributed by atoms with Crippen molar-refractivity contribution >= 4 is 28.3 Å². The number of halogens is 1. The summed E-state index contributed by atoms with van der Waals surface area (Å²) < 4.78 is 0. The van der Waals surface area contributed by atoms with E-state index in [4.69, 9.17) is 11.6 Å². The van der Waals surface area contributed by atoms with Gasteiger partial charge in [-0.05, 0) is 24.6 Å². The Kier molecular flexibility index (Phi) is 4.62. The molecule has 0 spiro atoms. The van der Waals surface area contributed by atoms with Gasteiger partial charge in [0.2, 0.25) is 5.91 Å². The molecule has 1 heterocycles. The van der Waals surface area contributed by atoms with E-state index < -0.39 is 0 Å². The number of carbonyl (C=O) groups is 1. The van der Waals surface area contributed by atoms with Crippen molar-refractivity contribution in [2.75, 3.05) is 0 Å². The summed E-state index contributed by atoms with van der Waals surface area (Å²) in [6.45, 7) is 1.87. The molecule has 3 aromatic rings. The van der Waals surface area contributed by atoms with Gasteiger partial charge >= 0.3 is 0 Å². The summed E-state index contributed by atoms with van der Waals surface area (Å²) >= 11 is 6.15. The van der Waals surface area contributed by atoms with Crippen LogP contribution in [0.25, 0.3) is 10.8 Å². The zero-order valence-corrected chi connectivity index (χ0v) is 13.8. The Labute approximate surface area is 143 Å². The molecule has 2 N–H and O–H groups in total. The monoisotopic (exact) mass is 341 g/mol. The molecule has 0 radical (unpaired) electrons. The summed E-state index contributed by atoms with van der Waals surface area (Å²) in [5, 5.41) is 11.2. The van der Waals surface area contributed by atoms with Gasteiger partial charge in [0, 0.05) is 10.4 Å². The van der Waals surface area contributed by atoms with Crippen LogP contribution >= 0.6 is 11.6 Å². The molecular weight excluding hydrogens is 326 g/mol. The van der Waals surface area contributed by atoms with E-state index in [-0.39, 0.29) is 23.9 Å².